The molecule has 0 spiro atoms. The zero-order valence-electron chi connectivity index (χ0n) is 25.5. The smallest absolute Gasteiger partial charge is 0.0686 e. The Hall–Kier alpha value is -0.300. The quantitative estimate of drug-likeness (QED) is 0.332. The summed E-state index contributed by atoms with van der Waals surface area (Å²) in [4.78, 5) is 0. The van der Waals surface area contributed by atoms with Gasteiger partial charge in [-0.25, -0.2) is 0 Å². The molecule has 0 bridgehead atoms. The third-order valence-electron chi connectivity index (χ3n) is 7.12. The van der Waals surface area contributed by atoms with Crippen LogP contribution in [0, 0.1) is 33.5 Å². The number of hydrogen-bond donors (Lipinski definition) is 0. The van der Waals surface area contributed by atoms with Gasteiger partial charge in [-0.05, 0) is 71.2 Å². The summed E-state index contributed by atoms with van der Waals surface area (Å²) in [6.07, 6.45) is 9.62. The van der Waals surface area contributed by atoms with Crippen molar-refractivity contribution in [2.75, 3.05) is 6.61 Å². The summed E-state index contributed by atoms with van der Waals surface area (Å²) in [5.41, 5.74) is 3.03. The lowest BCUT2D eigenvalue weighted by atomic mass is 9.64. The summed E-state index contributed by atoms with van der Waals surface area (Å²) < 4.78 is 5.91. The van der Waals surface area contributed by atoms with E-state index in [1.165, 1.54) is 31.3 Å². The molecule has 0 aromatic heterocycles. The van der Waals surface area contributed by atoms with Crippen molar-refractivity contribution in [3.05, 3.63) is 11.6 Å². The molecule has 1 unspecified atom stereocenters. The van der Waals surface area contributed by atoms with Gasteiger partial charge < -0.3 is 4.74 Å². The molecule has 32 heavy (non-hydrogen) atoms. The second-order valence-corrected chi connectivity index (χ2v) is 13.7. The molecule has 1 saturated carbocycles. The van der Waals surface area contributed by atoms with E-state index in [1.54, 1.807) is 0 Å². The molecule has 1 atom stereocenters. The number of hydrogen-bond acceptors (Lipinski definition) is 1. The minimum absolute atomic E-state index is 0.264. The Bertz CT molecular complexity index is 469. The van der Waals surface area contributed by atoms with E-state index in [4.69, 9.17) is 4.74 Å². The van der Waals surface area contributed by atoms with Crippen LogP contribution in [-0.2, 0) is 4.74 Å². The fraction of sp³-hybridized carbons (Fsp3) is 0.935. The van der Waals surface area contributed by atoms with Crippen LogP contribution in [0.5, 0.6) is 0 Å². The lowest BCUT2D eigenvalue weighted by molar-refractivity contribution is -0.0172. The standard InChI is InChI=1S/C14H28.C13H24O.2C2H6/c1-13(2,3)11-7-9-12(10-8-11)14(4,5)6;1-12(2,3)10-7-8-11(14-9-10)13(4,5)6;2*1-2/h11-12H,7-10H2,1-6H3;7,11H,8-9H2,1-6H3;2*1-2H3. The van der Waals surface area contributed by atoms with Crippen molar-refractivity contribution < 1.29 is 4.74 Å². The van der Waals surface area contributed by atoms with Crippen molar-refractivity contribution >= 4 is 0 Å². The van der Waals surface area contributed by atoms with Crippen molar-refractivity contribution in [3.8, 4) is 0 Å². The molecule has 194 valence electrons. The van der Waals surface area contributed by atoms with E-state index in [1.807, 2.05) is 27.7 Å². The SMILES string of the molecule is CC.CC.CC(C)(C)C1=CCC(C(C)(C)C)OC1.CC(C)(C)C1CCC(C(C)(C)C)CC1. The molecule has 0 N–H and O–H groups in total. The van der Waals surface area contributed by atoms with E-state index < -0.39 is 0 Å². The molecule has 0 amide bonds. The van der Waals surface area contributed by atoms with Gasteiger partial charge in [-0.3, -0.25) is 0 Å². The first-order valence-corrected chi connectivity index (χ1v) is 13.7. The van der Waals surface area contributed by atoms with Crippen molar-refractivity contribution in [1.82, 2.24) is 0 Å². The molecule has 2 rings (SSSR count). The normalized spacial score (nSPS) is 24.5. The van der Waals surface area contributed by atoms with Gasteiger partial charge in [0.25, 0.3) is 0 Å². The average Bonchev–Trinajstić information content (AvgIpc) is 2.69. The summed E-state index contributed by atoms with van der Waals surface area (Å²) >= 11 is 0. The maximum Gasteiger partial charge on any atom is 0.0686 e. The monoisotopic (exact) mass is 452 g/mol. The predicted molar refractivity (Wildman–Crippen MR) is 148 cm³/mol. The second kappa shape index (κ2) is 14.2. The van der Waals surface area contributed by atoms with Gasteiger partial charge in [0, 0.05) is 0 Å². The Kier molecular flexibility index (Phi) is 15.0. The first kappa shape index (κ1) is 33.9. The van der Waals surface area contributed by atoms with Crippen molar-refractivity contribution in [1.29, 1.82) is 0 Å². The van der Waals surface area contributed by atoms with Gasteiger partial charge in [-0.15, -0.1) is 0 Å². The summed E-state index contributed by atoms with van der Waals surface area (Å²) in [6.45, 7) is 36.7. The Morgan fingerprint density at radius 1 is 0.594 bits per heavy atom. The van der Waals surface area contributed by atoms with Crippen LogP contribution in [0.3, 0.4) is 0 Å². The summed E-state index contributed by atoms with van der Waals surface area (Å²) in [5.74, 6) is 1.92. The second-order valence-electron chi connectivity index (χ2n) is 13.7. The van der Waals surface area contributed by atoms with E-state index in [9.17, 15) is 0 Å². The molecule has 0 aromatic rings. The molecule has 2 aliphatic rings. The lowest BCUT2D eigenvalue weighted by Crippen LogP contribution is -2.33. The van der Waals surface area contributed by atoms with Gasteiger partial charge in [0.05, 0.1) is 12.7 Å². The summed E-state index contributed by atoms with van der Waals surface area (Å²) in [5, 5.41) is 0. The highest BCUT2D eigenvalue weighted by Gasteiger charge is 2.34. The Labute approximate surface area is 205 Å². The Morgan fingerprint density at radius 2 is 0.938 bits per heavy atom. The molecular weight excluding hydrogens is 388 g/mol. The van der Waals surface area contributed by atoms with Gasteiger partial charge in [-0.2, -0.15) is 0 Å². The van der Waals surface area contributed by atoms with Gasteiger partial charge in [-0.1, -0.05) is 117 Å². The molecule has 0 radical (unpaired) electrons. The summed E-state index contributed by atoms with van der Waals surface area (Å²) in [7, 11) is 0. The summed E-state index contributed by atoms with van der Waals surface area (Å²) in [6, 6.07) is 0. The Balaban J connectivity index is 0. The van der Waals surface area contributed by atoms with E-state index in [-0.39, 0.29) is 10.8 Å². The lowest BCUT2D eigenvalue weighted by Gasteiger charge is -2.41. The van der Waals surface area contributed by atoms with Crippen LogP contribution in [0.1, 0.15) is 143 Å². The van der Waals surface area contributed by atoms with Crippen molar-refractivity contribution in [2.24, 2.45) is 33.5 Å². The molecule has 1 fully saturated rings. The molecule has 1 nitrogen and oxygen atoms in total. The first-order chi connectivity index (χ1) is 14.4. The first-order valence-electron chi connectivity index (χ1n) is 13.7. The molecule has 1 aliphatic heterocycles. The van der Waals surface area contributed by atoms with Crippen molar-refractivity contribution in [2.45, 2.75) is 149 Å². The van der Waals surface area contributed by atoms with E-state index >= 15 is 0 Å². The average molecular weight is 453 g/mol. The maximum atomic E-state index is 5.91. The third kappa shape index (κ3) is 12.8. The maximum absolute atomic E-state index is 5.91. The Morgan fingerprint density at radius 3 is 1.12 bits per heavy atom. The predicted octanol–water partition coefficient (Wildman–Crippen LogP) is 10.7. The van der Waals surface area contributed by atoms with Crippen LogP contribution in [0.25, 0.3) is 0 Å². The highest BCUT2D eigenvalue weighted by atomic mass is 16.5. The third-order valence-corrected chi connectivity index (χ3v) is 7.12. The van der Waals surface area contributed by atoms with Gasteiger partial charge in [0.1, 0.15) is 0 Å². The minimum atomic E-state index is 0.264. The number of ether oxygens (including phenoxy) is 1. The van der Waals surface area contributed by atoms with Gasteiger partial charge >= 0.3 is 0 Å². The van der Waals surface area contributed by atoms with Crippen LogP contribution in [0.4, 0.5) is 0 Å². The van der Waals surface area contributed by atoms with Crippen LogP contribution in [-0.4, -0.2) is 12.7 Å². The molecule has 0 saturated heterocycles. The highest BCUT2D eigenvalue weighted by molar-refractivity contribution is 5.14. The van der Waals surface area contributed by atoms with Gasteiger partial charge in [0.2, 0.25) is 0 Å². The highest BCUT2D eigenvalue weighted by Crippen LogP contribution is 2.45. The van der Waals surface area contributed by atoms with E-state index in [0.29, 0.717) is 16.9 Å². The minimum Gasteiger partial charge on any atom is -0.373 e. The largest absolute Gasteiger partial charge is 0.373 e. The molecule has 1 aliphatic carbocycles. The molecular formula is C31H64O. The van der Waals surface area contributed by atoms with Crippen LogP contribution < -0.4 is 0 Å². The molecule has 1 heteroatoms. The van der Waals surface area contributed by atoms with Crippen molar-refractivity contribution in [3.63, 3.8) is 0 Å². The van der Waals surface area contributed by atoms with Crippen LogP contribution >= 0.6 is 0 Å². The number of rotatable bonds is 0. The molecule has 1 heterocycles. The fourth-order valence-electron chi connectivity index (χ4n) is 4.52. The zero-order chi connectivity index (χ0) is 26.0. The van der Waals surface area contributed by atoms with Gasteiger partial charge in [0.15, 0.2) is 0 Å². The van der Waals surface area contributed by atoms with Crippen LogP contribution in [0.2, 0.25) is 0 Å². The molecule has 0 aromatic carbocycles. The van der Waals surface area contributed by atoms with Crippen LogP contribution in [0.15, 0.2) is 11.6 Å². The van der Waals surface area contributed by atoms with E-state index in [0.717, 1.165) is 24.9 Å². The topological polar surface area (TPSA) is 9.23 Å². The zero-order valence-corrected chi connectivity index (χ0v) is 25.5. The fourth-order valence-corrected chi connectivity index (χ4v) is 4.52. The van der Waals surface area contributed by atoms with E-state index in [2.05, 4.69) is 89.2 Å².